The maximum absolute atomic E-state index is 2.50. The second-order valence-electron chi connectivity index (χ2n) is 37.3. The molecule has 0 nitrogen and oxygen atoms in total. The van der Waals surface area contributed by atoms with Gasteiger partial charge in [-0.05, 0) is 265 Å². The normalized spacial score (nSPS) is 36.2. The molecule has 0 saturated heterocycles. The Balaban J connectivity index is 0.000000101. The molecule has 16 aliphatic carbocycles. The molecule has 111 heavy (non-hydrogen) atoms. The minimum atomic E-state index is 0.214. The summed E-state index contributed by atoms with van der Waals surface area (Å²) in [5.74, 6) is 18.1. The molecular formula is C111H122. The first-order valence-electron chi connectivity index (χ1n) is 43.5. The second kappa shape index (κ2) is 32.0. The molecule has 6 fully saturated rings. The van der Waals surface area contributed by atoms with Crippen LogP contribution in [0.1, 0.15) is 132 Å². The highest BCUT2D eigenvalue weighted by molar-refractivity contribution is 5.95. The molecule has 0 heterocycles. The molecule has 0 N–H and O–H groups in total. The van der Waals surface area contributed by atoms with Gasteiger partial charge in [-0.25, -0.2) is 0 Å². The van der Waals surface area contributed by atoms with E-state index in [9.17, 15) is 0 Å². The molecule has 21 rings (SSSR count). The van der Waals surface area contributed by atoms with Crippen LogP contribution in [-0.2, 0) is 5.41 Å². The fourth-order valence-corrected chi connectivity index (χ4v) is 25.3. The molecular weight excluding hydrogens is 1330 g/mol. The topological polar surface area (TPSA) is 0 Å². The van der Waals surface area contributed by atoms with Gasteiger partial charge in [-0.15, -0.1) is 0 Å². The van der Waals surface area contributed by atoms with Gasteiger partial charge >= 0.3 is 0 Å². The summed E-state index contributed by atoms with van der Waals surface area (Å²) in [5.41, 5.74) is 19.5. The van der Waals surface area contributed by atoms with Gasteiger partial charge in [-0.3, -0.25) is 0 Å². The molecule has 0 spiro atoms. The fraction of sp³-hybridized carbons (Fsp3) is 0.387. The molecule has 0 radical (unpaired) electrons. The van der Waals surface area contributed by atoms with Gasteiger partial charge in [0.1, 0.15) is 0 Å². The SMILES string of the molecule is CC1C2C=CC=CC2C2C(C3CCCCC3)=CC=CC12.CC1C2C=CC=CC2C2C(c3ccc(C(C)(C)C)cc3)=CC=CC12.CC1C2C=CC=CC2C2C(c3cccc4ccccc34)=CC=CC12.CC1C2C=CC=CC2C2C(c3ccccc3)=CC=CC12.Cc1cc(C)c(C2=CC=CC3C(C)C4C=CC=CC4C23)c(C)c1. The molecule has 0 aromatic heterocycles. The summed E-state index contributed by atoms with van der Waals surface area (Å²) in [6.07, 6.45) is 89.9. The lowest BCUT2D eigenvalue weighted by atomic mass is 9.70. The van der Waals surface area contributed by atoms with E-state index >= 15 is 0 Å². The van der Waals surface area contributed by atoms with Crippen LogP contribution in [0.15, 0.2) is 327 Å². The van der Waals surface area contributed by atoms with Crippen LogP contribution in [0.5, 0.6) is 0 Å². The lowest BCUT2D eigenvalue weighted by Gasteiger charge is -2.35. The maximum atomic E-state index is 2.50. The lowest BCUT2D eigenvalue weighted by molar-refractivity contribution is 0.326. The molecule has 0 aliphatic heterocycles. The monoisotopic (exact) mass is 1450 g/mol. The van der Waals surface area contributed by atoms with Gasteiger partial charge in [0.25, 0.3) is 0 Å². The van der Waals surface area contributed by atoms with Crippen LogP contribution in [0.4, 0.5) is 0 Å². The summed E-state index contributed by atoms with van der Waals surface area (Å²) in [5, 5.41) is 2.72. The minimum Gasteiger partial charge on any atom is -0.0805 e. The number of fused-ring (bicyclic) bond motifs is 16. The van der Waals surface area contributed by atoms with Crippen LogP contribution in [0.25, 0.3) is 33.1 Å². The van der Waals surface area contributed by atoms with Gasteiger partial charge < -0.3 is 0 Å². The van der Waals surface area contributed by atoms with Crippen molar-refractivity contribution < 1.29 is 0 Å². The Bertz CT molecular complexity index is 4900. The number of hydrogen-bond donors (Lipinski definition) is 0. The van der Waals surface area contributed by atoms with Gasteiger partial charge in [0.15, 0.2) is 0 Å². The number of aryl methyl sites for hydroxylation is 3. The Hall–Kier alpha value is -8.84. The van der Waals surface area contributed by atoms with Crippen molar-refractivity contribution in [3.8, 4) is 0 Å². The largest absolute Gasteiger partial charge is 0.0805 e. The van der Waals surface area contributed by atoms with E-state index < -0.39 is 0 Å². The van der Waals surface area contributed by atoms with E-state index in [1.165, 1.54) is 104 Å². The average molecular weight is 1460 g/mol. The van der Waals surface area contributed by atoms with E-state index in [4.69, 9.17) is 0 Å². The highest BCUT2D eigenvalue weighted by atomic mass is 14.6. The van der Waals surface area contributed by atoms with Gasteiger partial charge in [-0.1, -0.05) is 408 Å². The van der Waals surface area contributed by atoms with E-state index in [0.717, 1.165) is 53.3 Å². The summed E-state index contributed by atoms with van der Waals surface area (Å²) in [7, 11) is 0. The number of rotatable bonds is 5. The van der Waals surface area contributed by atoms with Crippen LogP contribution in [0.2, 0.25) is 0 Å². The maximum Gasteiger partial charge on any atom is -0.00212 e. The number of hydrogen-bond acceptors (Lipinski definition) is 0. The molecule has 0 bridgehead atoms. The summed E-state index contributed by atoms with van der Waals surface area (Å²) in [6.45, 7) is 25.8. The smallest absolute Gasteiger partial charge is 0.00212 e. The average Bonchev–Trinajstić information content (AvgIpc) is 1.64. The molecule has 25 unspecified atom stereocenters. The Morgan fingerprint density at radius 3 is 1.08 bits per heavy atom. The van der Waals surface area contributed by atoms with Crippen molar-refractivity contribution in [2.24, 2.45) is 154 Å². The third-order valence-corrected chi connectivity index (χ3v) is 30.5. The zero-order valence-corrected chi connectivity index (χ0v) is 68.1. The Labute approximate surface area is 668 Å². The van der Waals surface area contributed by atoms with Crippen LogP contribution in [-0.4, -0.2) is 0 Å². The van der Waals surface area contributed by atoms with Crippen molar-refractivity contribution in [2.75, 3.05) is 0 Å². The van der Waals surface area contributed by atoms with Gasteiger partial charge in [0, 0.05) is 0 Å². The van der Waals surface area contributed by atoms with Crippen LogP contribution < -0.4 is 0 Å². The fourth-order valence-electron chi connectivity index (χ4n) is 25.3. The molecule has 0 heteroatoms. The highest BCUT2D eigenvalue weighted by Gasteiger charge is 2.53. The first-order chi connectivity index (χ1) is 54.1. The zero-order valence-electron chi connectivity index (χ0n) is 68.1. The predicted octanol–water partition coefficient (Wildman–Crippen LogP) is 28.2. The molecule has 5 aromatic carbocycles. The molecule has 25 atom stereocenters. The van der Waals surface area contributed by atoms with E-state index in [0.29, 0.717) is 101 Å². The van der Waals surface area contributed by atoms with E-state index in [1.807, 2.05) is 0 Å². The molecule has 6 saturated carbocycles. The molecule has 5 aromatic rings. The molecule has 566 valence electrons. The summed E-state index contributed by atoms with van der Waals surface area (Å²) >= 11 is 0. The first kappa shape index (κ1) is 74.9. The van der Waals surface area contributed by atoms with Gasteiger partial charge in [0.2, 0.25) is 0 Å². The van der Waals surface area contributed by atoms with Crippen molar-refractivity contribution in [2.45, 2.75) is 114 Å². The van der Waals surface area contributed by atoms with Crippen LogP contribution in [0.3, 0.4) is 0 Å². The standard InChI is InChI=1S/C24H22.C24H28.C23H26.C20H26.C20H20/c1-16-18-10-4-5-12-22(18)24-19(16)13-7-15-23(24)21-14-6-9-17-8-2-3-11-20(17)21;1-16-19-8-5-6-9-22(19)23-20(16)10-7-11-21(23)17-12-14-18(15-13-17)24(2,3)4;1-14-12-15(2)22(16(3)13-14)21-11-7-10-19-17(4)18-8-5-6-9-20(18)23(19)21;2*1-14-16-10-5-6-11-19(16)20-17(14)12-7-13-18(20)15-8-3-2-4-9-15/h2-16,18-19,22,24H,1H3;5-16,19-20,22-23H,1-4H3;5-13,17-20,23H,1-4H3;5-7,10-17,19-20H,2-4,8-9H2,1H3;2-14,16-17,19-20H,1H3. The summed E-state index contributed by atoms with van der Waals surface area (Å²) < 4.78 is 0. The summed E-state index contributed by atoms with van der Waals surface area (Å²) in [6, 6.07) is 40.4. The van der Waals surface area contributed by atoms with Crippen molar-refractivity contribution >= 4 is 33.1 Å². The van der Waals surface area contributed by atoms with E-state index in [-0.39, 0.29) is 5.41 Å². The van der Waals surface area contributed by atoms with Gasteiger partial charge in [0.05, 0.1) is 0 Å². The van der Waals surface area contributed by atoms with E-state index in [1.54, 1.807) is 11.1 Å². The number of benzene rings is 5. The quantitative estimate of drug-likeness (QED) is 0.165. The van der Waals surface area contributed by atoms with Crippen LogP contribution >= 0.6 is 0 Å². The summed E-state index contributed by atoms with van der Waals surface area (Å²) in [4.78, 5) is 0. The third-order valence-electron chi connectivity index (χ3n) is 30.5. The lowest BCUT2D eigenvalue weighted by Crippen LogP contribution is -2.25. The molecule has 16 aliphatic rings. The minimum absolute atomic E-state index is 0.214. The van der Waals surface area contributed by atoms with Crippen molar-refractivity contribution in [3.05, 3.63) is 372 Å². The Morgan fingerprint density at radius 2 is 0.631 bits per heavy atom. The predicted molar refractivity (Wildman–Crippen MR) is 475 cm³/mol. The second-order valence-corrected chi connectivity index (χ2v) is 37.3. The van der Waals surface area contributed by atoms with Crippen molar-refractivity contribution in [1.29, 1.82) is 0 Å². The Morgan fingerprint density at radius 1 is 0.288 bits per heavy atom. The molecule has 0 amide bonds. The number of allylic oxidation sites excluding steroid dienone is 40. The zero-order chi connectivity index (χ0) is 76.2. The first-order valence-corrected chi connectivity index (χ1v) is 43.5. The van der Waals surface area contributed by atoms with Gasteiger partial charge in [-0.2, -0.15) is 0 Å². The van der Waals surface area contributed by atoms with Crippen molar-refractivity contribution in [3.63, 3.8) is 0 Å². The third kappa shape index (κ3) is 14.1. The van der Waals surface area contributed by atoms with E-state index in [2.05, 4.69) is 398 Å². The van der Waals surface area contributed by atoms with Crippen molar-refractivity contribution in [1.82, 2.24) is 0 Å². The highest BCUT2D eigenvalue weighted by Crippen LogP contribution is 2.61. The Kier molecular flexibility index (Phi) is 21.6. The van der Waals surface area contributed by atoms with Crippen LogP contribution in [0, 0.1) is 175 Å².